The summed E-state index contributed by atoms with van der Waals surface area (Å²) in [5.41, 5.74) is 0.977. The molecule has 0 saturated carbocycles. The predicted octanol–water partition coefficient (Wildman–Crippen LogP) is 1.98. The lowest BCUT2D eigenvalue weighted by Gasteiger charge is -2.47. The first-order chi connectivity index (χ1) is 13.8. The van der Waals surface area contributed by atoms with Gasteiger partial charge in [0.2, 0.25) is 16.2 Å². The molecule has 2 atom stereocenters. The second kappa shape index (κ2) is 7.16. The lowest BCUT2D eigenvalue weighted by molar-refractivity contribution is -0.115. The van der Waals surface area contributed by atoms with Crippen molar-refractivity contribution in [2.24, 2.45) is 0 Å². The molecule has 2 saturated heterocycles. The molecule has 2 fully saturated rings. The fourth-order valence-electron chi connectivity index (χ4n) is 3.89. The molecule has 2 aliphatic rings. The van der Waals surface area contributed by atoms with Gasteiger partial charge in [-0.1, -0.05) is 41.7 Å². The molecule has 28 heavy (non-hydrogen) atoms. The zero-order chi connectivity index (χ0) is 18.9. The fourth-order valence-corrected chi connectivity index (χ4v) is 4.74. The lowest BCUT2D eigenvalue weighted by atomic mass is 9.97. The van der Waals surface area contributed by atoms with Crippen molar-refractivity contribution in [3.63, 3.8) is 0 Å². The molecular formula is C19H19N7OS. The SMILES string of the molecule is O=C(Cc1ccccc1)Nc1nnc(N2CC[C@@H]3[C@H]2CN3c2cccnn2)s1. The molecule has 5 rings (SSSR count). The van der Waals surface area contributed by atoms with Crippen LogP contribution < -0.4 is 15.1 Å². The maximum absolute atomic E-state index is 12.2. The highest BCUT2D eigenvalue weighted by molar-refractivity contribution is 7.19. The van der Waals surface area contributed by atoms with Crippen molar-refractivity contribution in [2.45, 2.75) is 24.9 Å². The van der Waals surface area contributed by atoms with E-state index >= 15 is 0 Å². The number of anilines is 3. The summed E-state index contributed by atoms with van der Waals surface area (Å²) in [6, 6.07) is 14.4. The molecule has 1 N–H and O–H groups in total. The third kappa shape index (κ3) is 3.18. The standard InChI is InChI=1S/C19H19N7OS/c27-17(11-13-5-2-1-3-6-13)21-18-23-24-19(28-18)25-10-8-14-15(25)12-26(14)16-7-4-9-20-22-16/h1-7,9,14-15H,8,10-12H2,(H,21,23,27)/t14-,15-/m1/s1. The first-order valence-electron chi connectivity index (χ1n) is 9.26. The number of nitrogens with one attached hydrogen (secondary N) is 1. The Labute approximate surface area is 166 Å². The topological polar surface area (TPSA) is 87.1 Å². The second-order valence-electron chi connectivity index (χ2n) is 6.95. The summed E-state index contributed by atoms with van der Waals surface area (Å²) in [4.78, 5) is 16.8. The van der Waals surface area contributed by atoms with E-state index in [0.29, 0.717) is 23.6 Å². The van der Waals surface area contributed by atoms with Gasteiger partial charge in [0.25, 0.3) is 0 Å². The summed E-state index contributed by atoms with van der Waals surface area (Å²) >= 11 is 1.43. The molecular weight excluding hydrogens is 374 g/mol. The minimum atomic E-state index is -0.0781. The summed E-state index contributed by atoms with van der Waals surface area (Å²) in [5.74, 6) is 0.849. The van der Waals surface area contributed by atoms with Crippen LogP contribution in [0, 0.1) is 0 Å². The van der Waals surface area contributed by atoms with Crippen LogP contribution in [0.2, 0.25) is 0 Å². The largest absolute Gasteiger partial charge is 0.348 e. The van der Waals surface area contributed by atoms with Crippen LogP contribution in [0.1, 0.15) is 12.0 Å². The maximum Gasteiger partial charge on any atom is 0.230 e. The molecule has 2 aromatic heterocycles. The van der Waals surface area contributed by atoms with Crippen LogP contribution in [0.4, 0.5) is 16.1 Å². The van der Waals surface area contributed by atoms with Gasteiger partial charge in [0.15, 0.2) is 5.82 Å². The molecule has 0 unspecified atom stereocenters. The smallest absolute Gasteiger partial charge is 0.230 e. The number of nitrogens with zero attached hydrogens (tertiary/aromatic N) is 6. The molecule has 1 aromatic carbocycles. The number of benzene rings is 1. The summed E-state index contributed by atoms with van der Waals surface area (Å²) in [6.07, 6.45) is 3.07. The van der Waals surface area contributed by atoms with Crippen molar-refractivity contribution in [3.8, 4) is 0 Å². The van der Waals surface area contributed by atoms with Crippen molar-refractivity contribution < 1.29 is 4.79 Å². The molecule has 9 heteroatoms. The van der Waals surface area contributed by atoms with E-state index in [0.717, 1.165) is 36.0 Å². The average Bonchev–Trinajstić information content (AvgIpc) is 3.28. The van der Waals surface area contributed by atoms with Crippen LogP contribution in [0.3, 0.4) is 0 Å². The van der Waals surface area contributed by atoms with E-state index in [1.807, 2.05) is 42.5 Å². The molecule has 2 aliphatic heterocycles. The number of fused-ring (bicyclic) bond motifs is 1. The van der Waals surface area contributed by atoms with Gasteiger partial charge >= 0.3 is 0 Å². The molecule has 1 amide bonds. The van der Waals surface area contributed by atoms with Gasteiger partial charge in [-0.25, -0.2) is 0 Å². The summed E-state index contributed by atoms with van der Waals surface area (Å²) in [7, 11) is 0. The highest BCUT2D eigenvalue weighted by Crippen LogP contribution is 2.39. The molecule has 0 spiro atoms. The second-order valence-corrected chi connectivity index (χ2v) is 7.91. The first kappa shape index (κ1) is 17.1. The number of carbonyl (C=O) groups is 1. The van der Waals surface area contributed by atoms with E-state index in [4.69, 9.17) is 0 Å². The van der Waals surface area contributed by atoms with Gasteiger partial charge in [-0.15, -0.1) is 15.3 Å². The van der Waals surface area contributed by atoms with Gasteiger partial charge in [-0.3, -0.25) is 4.79 Å². The van der Waals surface area contributed by atoms with Crippen LogP contribution in [-0.2, 0) is 11.2 Å². The van der Waals surface area contributed by atoms with Crippen molar-refractivity contribution in [3.05, 3.63) is 54.2 Å². The highest BCUT2D eigenvalue weighted by atomic mass is 32.1. The fraction of sp³-hybridized carbons (Fsp3) is 0.316. The van der Waals surface area contributed by atoms with Crippen LogP contribution in [0.15, 0.2) is 48.7 Å². The zero-order valence-electron chi connectivity index (χ0n) is 15.1. The lowest BCUT2D eigenvalue weighted by Crippen LogP contribution is -2.62. The Morgan fingerprint density at radius 2 is 1.96 bits per heavy atom. The molecule has 0 bridgehead atoms. The average molecular weight is 393 g/mol. The van der Waals surface area contributed by atoms with E-state index < -0.39 is 0 Å². The minimum Gasteiger partial charge on any atom is -0.348 e. The number of carbonyl (C=O) groups excluding carboxylic acids is 1. The Morgan fingerprint density at radius 1 is 1.07 bits per heavy atom. The predicted molar refractivity (Wildman–Crippen MR) is 108 cm³/mol. The number of aromatic nitrogens is 4. The van der Waals surface area contributed by atoms with E-state index in [-0.39, 0.29) is 5.91 Å². The molecule has 142 valence electrons. The third-order valence-electron chi connectivity index (χ3n) is 5.26. The van der Waals surface area contributed by atoms with Crippen LogP contribution in [0.5, 0.6) is 0 Å². The van der Waals surface area contributed by atoms with Crippen LogP contribution in [0.25, 0.3) is 0 Å². The monoisotopic (exact) mass is 393 g/mol. The summed E-state index contributed by atoms with van der Waals surface area (Å²) in [5, 5.41) is 20.9. The summed E-state index contributed by atoms with van der Waals surface area (Å²) in [6.45, 7) is 1.83. The van der Waals surface area contributed by atoms with Gasteiger partial charge in [0, 0.05) is 19.3 Å². The minimum absolute atomic E-state index is 0.0781. The molecule has 0 aliphatic carbocycles. The number of rotatable bonds is 5. The van der Waals surface area contributed by atoms with Gasteiger partial charge in [0.1, 0.15) is 0 Å². The van der Waals surface area contributed by atoms with Gasteiger partial charge in [0.05, 0.1) is 18.5 Å². The van der Waals surface area contributed by atoms with Gasteiger partial charge < -0.3 is 15.1 Å². The maximum atomic E-state index is 12.2. The third-order valence-corrected chi connectivity index (χ3v) is 6.14. The van der Waals surface area contributed by atoms with E-state index in [1.165, 1.54) is 11.3 Å². The van der Waals surface area contributed by atoms with Crippen molar-refractivity contribution in [1.29, 1.82) is 0 Å². The molecule has 4 heterocycles. The van der Waals surface area contributed by atoms with Crippen molar-refractivity contribution in [2.75, 3.05) is 28.2 Å². The Kier molecular flexibility index (Phi) is 4.36. The summed E-state index contributed by atoms with van der Waals surface area (Å²) < 4.78 is 0. The highest BCUT2D eigenvalue weighted by Gasteiger charge is 2.48. The van der Waals surface area contributed by atoms with E-state index in [2.05, 4.69) is 35.5 Å². The van der Waals surface area contributed by atoms with Gasteiger partial charge in [-0.2, -0.15) is 5.10 Å². The van der Waals surface area contributed by atoms with Gasteiger partial charge in [-0.05, 0) is 24.1 Å². The quantitative estimate of drug-likeness (QED) is 0.709. The van der Waals surface area contributed by atoms with E-state index in [9.17, 15) is 4.79 Å². The van der Waals surface area contributed by atoms with Crippen LogP contribution >= 0.6 is 11.3 Å². The normalized spacial score (nSPS) is 20.6. The Morgan fingerprint density at radius 3 is 2.79 bits per heavy atom. The molecule has 0 radical (unpaired) electrons. The zero-order valence-corrected chi connectivity index (χ0v) is 15.9. The number of hydrogen-bond acceptors (Lipinski definition) is 8. The van der Waals surface area contributed by atoms with E-state index in [1.54, 1.807) is 6.20 Å². The van der Waals surface area contributed by atoms with Crippen LogP contribution in [-0.4, -0.2) is 51.5 Å². The number of hydrogen-bond donors (Lipinski definition) is 1. The Hall–Kier alpha value is -3.07. The molecule has 8 nitrogen and oxygen atoms in total. The molecule has 3 aromatic rings. The van der Waals surface area contributed by atoms with Crippen molar-refractivity contribution >= 4 is 33.3 Å². The number of amides is 1. The Bertz CT molecular complexity index is 965. The first-order valence-corrected chi connectivity index (χ1v) is 10.1. The van der Waals surface area contributed by atoms with Crippen molar-refractivity contribution in [1.82, 2.24) is 20.4 Å². The Balaban J connectivity index is 1.21.